The molecule has 7 heteroatoms. The Bertz CT molecular complexity index is 767. The highest BCUT2D eigenvalue weighted by molar-refractivity contribution is 6.32. The summed E-state index contributed by atoms with van der Waals surface area (Å²) >= 11 is 5.97. The zero-order chi connectivity index (χ0) is 14.1. The van der Waals surface area contributed by atoms with Crippen LogP contribution in [0.4, 0.5) is 17.5 Å². The molecule has 102 valence electrons. The van der Waals surface area contributed by atoms with Gasteiger partial charge in [-0.1, -0.05) is 17.7 Å². The Labute approximate surface area is 120 Å². The maximum Gasteiger partial charge on any atom is 0.229 e. The van der Waals surface area contributed by atoms with Crippen molar-refractivity contribution in [2.24, 2.45) is 7.05 Å². The SMILES string of the molecule is CNc1nc(Nc2cccc3c2cnn3C)ncc1Cl. The molecular weight excluding hydrogens is 276 g/mol. The van der Waals surface area contributed by atoms with Gasteiger partial charge in [0.15, 0.2) is 0 Å². The van der Waals surface area contributed by atoms with Gasteiger partial charge in [0.25, 0.3) is 0 Å². The van der Waals surface area contributed by atoms with Crippen molar-refractivity contribution in [2.45, 2.75) is 0 Å². The lowest BCUT2D eigenvalue weighted by molar-refractivity contribution is 0.797. The molecule has 0 atom stereocenters. The van der Waals surface area contributed by atoms with E-state index in [0.29, 0.717) is 16.8 Å². The monoisotopic (exact) mass is 288 g/mol. The van der Waals surface area contributed by atoms with Gasteiger partial charge in [-0.2, -0.15) is 10.1 Å². The molecule has 0 aliphatic rings. The van der Waals surface area contributed by atoms with E-state index in [0.717, 1.165) is 16.6 Å². The highest BCUT2D eigenvalue weighted by Gasteiger charge is 2.08. The fraction of sp³-hybridized carbons (Fsp3) is 0.154. The van der Waals surface area contributed by atoms with Gasteiger partial charge in [0.1, 0.15) is 10.8 Å². The van der Waals surface area contributed by atoms with E-state index in [2.05, 4.69) is 25.7 Å². The van der Waals surface area contributed by atoms with Gasteiger partial charge in [-0.25, -0.2) is 4.98 Å². The normalized spacial score (nSPS) is 10.8. The molecule has 0 amide bonds. The van der Waals surface area contributed by atoms with Crippen LogP contribution in [0.5, 0.6) is 0 Å². The van der Waals surface area contributed by atoms with E-state index in [1.165, 1.54) is 0 Å². The fourth-order valence-electron chi connectivity index (χ4n) is 2.01. The molecule has 0 bridgehead atoms. The van der Waals surface area contributed by atoms with Crippen LogP contribution in [0.2, 0.25) is 5.02 Å². The van der Waals surface area contributed by atoms with E-state index >= 15 is 0 Å². The second-order valence-electron chi connectivity index (χ2n) is 4.27. The Kier molecular flexibility index (Phi) is 3.15. The second kappa shape index (κ2) is 4.97. The van der Waals surface area contributed by atoms with Crippen LogP contribution in [-0.4, -0.2) is 26.8 Å². The molecule has 0 saturated heterocycles. The Morgan fingerprint density at radius 3 is 2.90 bits per heavy atom. The van der Waals surface area contributed by atoms with E-state index in [-0.39, 0.29) is 0 Å². The van der Waals surface area contributed by atoms with Crippen LogP contribution in [-0.2, 0) is 7.05 Å². The summed E-state index contributed by atoms with van der Waals surface area (Å²) in [5.41, 5.74) is 1.94. The standard InChI is InChI=1S/C13H13ClN6/c1-15-12-9(14)7-16-13(19-12)18-10-4-3-5-11-8(10)6-17-20(11)2/h3-7H,1-2H3,(H2,15,16,18,19). The van der Waals surface area contributed by atoms with Crippen molar-refractivity contribution in [2.75, 3.05) is 17.7 Å². The largest absolute Gasteiger partial charge is 0.372 e. The first-order valence-electron chi connectivity index (χ1n) is 6.07. The maximum absolute atomic E-state index is 5.97. The topological polar surface area (TPSA) is 67.7 Å². The number of fused-ring (bicyclic) bond motifs is 1. The smallest absolute Gasteiger partial charge is 0.229 e. The molecule has 1 aromatic carbocycles. The van der Waals surface area contributed by atoms with Crippen molar-refractivity contribution in [1.29, 1.82) is 0 Å². The summed E-state index contributed by atoms with van der Waals surface area (Å²) in [5, 5.41) is 11.9. The Morgan fingerprint density at radius 1 is 1.25 bits per heavy atom. The van der Waals surface area contributed by atoms with E-state index in [1.54, 1.807) is 13.2 Å². The predicted molar refractivity (Wildman–Crippen MR) is 80.6 cm³/mol. The second-order valence-corrected chi connectivity index (χ2v) is 4.68. The lowest BCUT2D eigenvalue weighted by Gasteiger charge is -2.08. The van der Waals surface area contributed by atoms with Crippen molar-refractivity contribution in [3.05, 3.63) is 35.6 Å². The Morgan fingerprint density at radius 2 is 2.10 bits per heavy atom. The van der Waals surface area contributed by atoms with Gasteiger partial charge in [0.05, 0.1) is 23.6 Å². The first kappa shape index (κ1) is 12.7. The van der Waals surface area contributed by atoms with Gasteiger partial charge < -0.3 is 10.6 Å². The molecule has 0 spiro atoms. The number of anilines is 3. The van der Waals surface area contributed by atoms with E-state index in [4.69, 9.17) is 11.6 Å². The third kappa shape index (κ3) is 2.14. The van der Waals surface area contributed by atoms with Crippen LogP contribution >= 0.6 is 11.6 Å². The first-order valence-corrected chi connectivity index (χ1v) is 6.45. The van der Waals surface area contributed by atoms with Gasteiger partial charge in [0, 0.05) is 19.5 Å². The van der Waals surface area contributed by atoms with E-state index < -0.39 is 0 Å². The lowest BCUT2D eigenvalue weighted by atomic mass is 10.2. The van der Waals surface area contributed by atoms with Crippen LogP contribution < -0.4 is 10.6 Å². The number of hydrogen-bond donors (Lipinski definition) is 2. The third-order valence-electron chi connectivity index (χ3n) is 3.02. The van der Waals surface area contributed by atoms with Crippen molar-refractivity contribution in [3.8, 4) is 0 Å². The zero-order valence-electron chi connectivity index (χ0n) is 11.1. The summed E-state index contributed by atoms with van der Waals surface area (Å²) in [6.45, 7) is 0. The molecule has 20 heavy (non-hydrogen) atoms. The molecule has 2 aromatic heterocycles. The molecule has 0 aliphatic carbocycles. The first-order chi connectivity index (χ1) is 9.69. The van der Waals surface area contributed by atoms with Gasteiger partial charge in [-0.05, 0) is 12.1 Å². The molecule has 2 heterocycles. The van der Waals surface area contributed by atoms with E-state index in [9.17, 15) is 0 Å². The molecule has 3 rings (SSSR count). The summed E-state index contributed by atoms with van der Waals surface area (Å²) < 4.78 is 1.82. The number of benzene rings is 1. The summed E-state index contributed by atoms with van der Waals surface area (Å²) in [4.78, 5) is 8.48. The highest BCUT2D eigenvalue weighted by atomic mass is 35.5. The summed E-state index contributed by atoms with van der Waals surface area (Å²) in [7, 11) is 3.67. The molecule has 6 nitrogen and oxygen atoms in total. The van der Waals surface area contributed by atoms with Crippen LogP contribution in [0.3, 0.4) is 0 Å². The minimum atomic E-state index is 0.482. The number of aryl methyl sites for hydroxylation is 1. The Hall–Kier alpha value is -2.34. The lowest BCUT2D eigenvalue weighted by Crippen LogP contribution is -2.01. The minimum Gasteiger partial charge on any atom is -0.372 e. The number of nitrogens with one attached hydrogen (secondary N) is 2. The predicted octanol–water partition coefficient (Wildman–Crippen LogP) is 2.80. The number of halogens is 1. The summed E-state index contributed by atoms with van der Waals surface area (Å²) in [6, 6.07) is 5.93. The van der Waals surface area contributed by atoms with Crippen molar-refractivity contribution in [1.82, 2.24) is 19.7 Å². The summed E-state index contributed by atoms with van der Waals surface area (Å²) in [6.07, 6.45) is 3.37. The van der Waals surface area contributed by atoms with Gasteiger partial charge in [-0.3, -0.25) is 4.68 Å². The number of nitrogens with zero attached hydrogens (tertiary/aromatic N) is 4. The van der Waals surface area contributed by atoms with Gasteiger partial charge in [0.2, 0.25) is 5.95 Å². The van der Waals surface area contributed by atoms with Crippen LogP contribution in [0, 0.1) is 0 Å². The number of aromatic nitrogens is 4. The van der Waals surface area contributed by atoms with Crippen LogP contribution in [0.15, 0.2) is 30.6 Å². The third-order valence-corrected chi connectivity index (χ3v) is 3.30. The average Bonchev–Trinajstić information content (AvgIpc) is 2.84. The van der Waals surface area contributed by atoms with E-state index in [1.807, 2.05) is 36.1 Å². The van der Waals surface area contributed by atoms with Crippen molar-refractivity contribution in [3.63, 3.8) is 0 Å². The average molecular weight is 289 g/mol. The minimum absolute atomic E-state index is 0.482. The van der Waals surface area contributed by atoms with Crippen LogP contribution in [0.25, 0.3) is 10.9 Å². The molecule has 0 saturated carbocycles. The maximum atomic E-state index is 5.97. The molecule has 2 N–H and O–H groups in total. The van der Waals surface area contributed by atoms with Crippen molar-refractivity contribution < 1.29 is 0 Å². The highest BCUT2D eigenvalue weighted by Crippen LogP contribution is 2.26. The van der Waals surface area contributed by atoms with Gasteiger partial charge >= 0.3 is 0 Å². The molecule has 0 radical (unpaired) electrons. The molecule has 0 aliphatic heterocycles. The molecular formula is C13H13ClN6. The van der Waals surface area contributed by atoms with Crippen LogP contribution in [0.1, 0.15) is 0 Å². The summed E-state index contributed by atoms with van der Waals surface area (Å²) in [5.74, 6) is 1.07. The number of hydrogen-bond acceptors (Lipinski definition) is 5. The molecule has 3 aromatic rings. The molecule has 0 fully saturated rings. The van der Waals surface area contributed by atoms with Crippen molar-refractivity contribution >= 4 is 40.0 Å². The number of rotatable bonds is 3. The Balaban J connectivity index is 2.01. The quantitative estimate of drug-likeness (QED) is 0.776. The molecule has 0 unspecified atom stereocenters. The fourth-order valence-corrected chi connectivity index (χ4v) is 2.20. The zero-order valence-corrected chi connectivity index (χ0v) is 11.8. The van der Waals surface area contributed by atoms with Gasteiger partial charge in [-0.15, -0.1) is 0 Å².